The Morgan fingerprint density at radius 3 is 3.05 bits per heavy atom. The molecular formula is C15H22N2O2. The molecule has 2 aliphatic rings. The minimum Gasteiger partial charge on any atom is -0.496 e. The lowest BCUT2D eigenvalue weighted by molar-refractivity contribution is 0.0608. The second-order valence-electron chi connectivity index (χ2n) is 5.34. The summed E-state index contributed by atoms with van der Waals surface area (Å²) in [5.74, 6) is 0.978. The molecule has 0 amide bonds. The zero-order valence-corrected chi connectivity index (χ0v) is 11.5. The van der Waals surface area contributed by atoms with Crippen LogP contribution in [0.4, 0.5) is 0 Å². The lowest BCUT2D eigenvalue weighted by Gasteiger charge is -2.26. The van der Waals surface area contributed by atoms with E-state index >= 15 is 0 Å². The first-order valence-corrected chi connectivity index (χ1v) is 7.05. The molecule has 3 rings (SSSR count). The molecule has 1 aromatic rings. The summed E-state index contributed by atoms with van der Waals surface area (Å²) in [4.78, 5) is 2.43. The fourth-order valence-corrected chi connectivity index (χ4v) is 3.28. The summed E-state index contributed by atoms with van der Waals surface area (Å²) in [6.07, 6.45) is 2.72. The van der Waals surface area contributed by atoms with Gasteiger partial charge in [0.15, 0.2) is 0 Å². The van der Waals surface area contributed by atoms with Crippen LogP contribution in [0.2, 0.25) is 0 Å². The van der Waals surface area contributed by atoms with Crippen LogP contribution in [0.3, 0.4) is 0 Å². The summed E-state index contributed by atoms with van der Waals surface area (Å²) in [5, 5.41) is 0. The molecule has 19 heavy (non-hydrogen) atoms. The maximum absolute atomic E-state index is 5.98. The maximum atomic E-state index is 5.98. The van der Waals surface area contributed by atoms with Gasteiger partial charge in [-0.2, -0.15) is 0 Å². The molecule has 0 spiro atoms. The van der Waals surface area contributed by atoms with Crippen LogP contribution >= 0.6 is 0 Å². The molecule has 2 aliphatic heterocycles. The van der Waals surface area contributed by atoms with Crippen molar-refractivity contribution in [3.05, 3.63) is 29.3 Å². The molecule has 104 valence electrons. The van der Waals surface area contributed by atoms with Crippen molar-refractivity contribution in [2.75, 3.05) is 26.8 Å². The normalized spacial score (nSPS) is 26.6. The molecule has 2 N–H and O–H groups in total. The smallest absolute Gasteiger partial charge is 0.123 e. The monoisotopic (exact) mass is 262 g/mol. The Labute approximate surface area is 114 Å². The first kappa shape index (κ1) is 12.9. The van der Waals surface area contributed by atoms with Crippen LogP contribution in [0.5, 0.6) is 5.75 Å². The van der Waals surface area contributed by atoms with Gasteiger partial charge in [-0.15, -0.1) is 0 Å². The lowest BCUT2D eigenvalue weighted by Crippen LogP contribution is -2.34. The van der Waals surface area contributed by atoms with Crippen LogP contribution in [0.1, 0.15) is 30.0 Å². The highest BCUT2D eigenvalue weighted by Crippen LogP contribution is 2.38. The molecule has 0 aromatic heterocycles. The van der Waals surface area contributed by atoms with Gasteiger partial charge in [0.1, 0.15) is 5.75 Å². The number of benzene rings is 1. The van der Waals surface area contributed by atoms with E-state index in [-0.39, 0.29) is 0 Å². The number of hydrogen-bond acceptors (Lipinski definition) is 4. The number of nitrogens with two attached hydrogens (primary N) is 1. The predicted octanol–water partition coefficient (Wildman–Crippen LogP) is 1.69. The van der Waals surface area contributed by atoms with Gasteiger partial charge < -0.3 is 15.2 Å². The van der Waals surface area contributed by atoms with Crippen molar-refractivity contribution in [2.24, 2.45) is 5.73 Å². The van der Waals surface area contributed by atoms with Crippen molar-refractivity contribution in [3.8, 4) is 5.75 Å². The Bertz CT molecular complexity index is 444. The molecule has 2 heterocycles. The zero-order chi connectivity index (χ0) is 13.2. The van der Waals surface area contributed by atoms with Crippen LogP contribution < -0.4 is 10.5 Å². The molecule has 4 nitrogen and oxygen atoms in total. The number of nitrogens with zero attached hydrogens (tertiary/aromatic N) is 1. The van der Waals surface area contributed by atoms with E-state index in [0.29, 0.717) is 18.7 Å². The third-order valence-electron chi connectivity index (χ3n) is 4.24. The molecule has 1 saturated heterocycles. The fraction of sp³-hybridized carbons (Fsp3) is 0.600. The highest BCUT2D eigenvalue weighted by atomic mass is 16.5. The Kier molecular flexibility index (Phi) is 3.73. The van der Waals surface area contributed by atoms with Crippen molar-refractivity contribution >= 4 is 0 Å². The van der Waals surface area contributed by atoms with E-state index in [1.165, 1.54) is 24.0 Å². The van der Waals surface area contributed by atoms with E-state index in [4.69, 9.17) is 15.2 Å². The molecule has 2 unspecified atom stereocenters. The Morgan fingerprint density at radius 1 is 1.47 bits per heavy atom. The molecule has 1 fully saturated rings. The molecule has 2 atom stereocenters. The second-order valence-corrected chi connectivity index (χ2v) is 5.34. The number of methoxy groups -OCH3 is 1. The van der Waals surface area contributed by atoms with E-state index < -0.39 is 0 Å². The van der Waals surface area contributed by atoms with E-state index in [2.05, 4.69) is 17.0 Å². The summed E-state index contributed by atoms with van der Waals surface area (Å²) in [7, 11) is 1.73. The predicted molar refractivity (Wildman–Crippen MR) is 74.2 cm³/mol. The van der Waals surface area contributed by atoms with Gasteiger partial charge in [-0.3, -0.25) is 4.90 Å². The average Bonchev–Trinajstić information content (AvgIpc) is 3.05. The third-order valence-corrected chi connectivity index (χ3v) is 4.24. The van der Waals surface area contributed by atoms with Crippen LogP contribution in [-0.2, 0) is 11.3 Å². The van der Waals surface area contributed by atoms with E-state index in [9.17, 15) is 0 Å². The second kappa shape index (κ2) is 5.49. The summed E-state index contributed by atoms with van der Waals surface area (Å²) < 4.78 is 11.2. The topological polar surface area (TPSA) is 47.7 Å². The summed E-state index contributed by atoms with van der Waals surface area (Å²) in [5.41, 5.74) is 8.59. The van der Waals surface area contributed by atoms with Gasteiger partial charge in [0.05, 0.1) is 13.2 Å². The van der Waals surface area contributed by atoms with Gasteiger partial charge in [0.25, 0.3) is 0 Å². The van der Waals surface area contributed by atoms with Crippen molar-refractivity contribution in [1.82, 2.24) is 4.90 Å². The van der Waals surface area contributed by atoms with Crippen LogP contribution in [0.15, 0.2) is 18.2 Å². The Morgan fingerprint density at radius 2 is 2.37 bits per heavy atom. The van der Waals surface area contributed by atoms with E-state index in [1.54, 1.807) is 7.11 Å². The van der Waals surface area contributed by atoms with E-state index in [0.717, 1.165) is 25.4 Å². The third kappa shape index (κ3) is 2.36. The first-order valence-electron chi connectivity index (χ1n) is 7.05. The largest absolute Gasteiger partial charge is 0.496 e. The van der Waals surface area contributed by atoms with E-state index in [1.807, 2.05) is 6.07 Å². The molecule has 0 aliphatic carbocycles. The van der Waals surface area contributed by atoms with Gasteiger partial charge in [0, 0.05) is 37.8 Å². The van der Waals surface area contributed by atoms with Crippen LogP contribution in [-0.4, -0.2) is 37.8 Å². The van der Waals surface area contributed by atoms with Gasteiger partial charge in [-0.05, 0) is 24.5 Å². The summed E-state index contributed by atoms with van der Waals surface area (Å²) >= 11 is 0. The van der Waals surface area contributed by atoms with Crippen molar-refractivity contribution in [1.29, 1.82) is 0 Å². The SMILES string of the molecule is COc1cccc2c1CN(CC1CCCO1)C2CN. The molecule has 4 heteroatoms. The van der Waals surface area contributed by atoms with Crippen molar-refractivity contribution in [2.45, 2.75) is 31.5 Å². The molecule has 0 radical (unpaired) electrons. The number of rotatable bonds is 4. The van der Waals surface area contributed by atoms with Gasteiger partial charge >= 0.3 is 0 Å². The zero-order valence-electron chi connectivity index (χ0n) is 11.5. The van der Waals surface area contributed by atoms with Gasteiger partial charge in [0.2, 0.25) is 0 Å². The summed E-state index contributed by atoms with van der Waals surface area (Å²) in [6, 6.07) is 6.55. The number of hydrogen-bond donors (Lipinski definition) is 1. The van der Waals surface area contributed by atoms with Crippen LogP contribution in [0, 0.1) is 0 Å². The van der Waals surface area contributed by atoms with Crippen molar-refractivity contribution in [3.63, 3.8) is 0 Å². The Balaban J connectivity index is 1.81. The lowest BCUT2D eigenvalue weighted by atomic mass is 10.0. The van der Waals surface area contributed by atoms with Gasteiger partial charge in [-0.1, -0.05) is 12.1 Å². The molecule has 0 saturated carbocycles. The Hall–Kier alpha value is -1.10. The number of ether oxygens (including phenoxy) is 2. The van der Waals surface area contributed by atoms with Gasteiger partial charge in [-0.25, -0.2) is 0 Å². The van der Waals surface area contributed by atoms with Crippen LogP contribution in [0.25, 0.3) is 0 Å². The molecule has 1 aromatic carbocycles. The highest BCUT2D eigenvalue weighted by molar-refractivity contribution is 5.44. The fourth-order valence-electron chi connectivity index (χ4n) is 3.28. The quantitative estimate of drug-likeness (QED) is 0.897. The molecule has 0 bridgehead atoms. The standard InChI is InChI=1S/C15H22N2O2/c1-18-15-6-2-5-12-13(15)10-17(14(12)8-16)9-11-4-3-7-19-11/h2,5-6,11,14H,3-4,7-10,16H2,1H3. The molecular weight excluding hydrogens is 240 g/mol. The minimum absolute atomic E-state index is 0.300. The minimum atomic E-state index is 0.300. The maximum Gasteiger partial charge on any atom is 0.123 e. The number of fused-ring (bicyclic) bond motifs is 1. The van der Waals surface area contributed by atoms with Crippen molar-refractivity contribution < 1.29 is 9.47 Å². The average molecular weight is 262 g/mol. The summed E-state index contributed by atoms with van der Waals surface area (Å²) in [6.45, 7) is 3.44. The first-order chi connectivity index (χ1) is 9.33. The highest BCUT2D eigenvalue weighted by Gasteiger charge is 2.33.